The number of likely N-dealkylation sites (tertiary alicyclic amines) is 1. The van der Waals surface area contributed by atoms with Gasteiger partial charge in [-0.2, -0.15) is 18.3 Å². The van der Waals surface area contributed by atoms with Crippen molar-refractivity contribution in [1.82, 2.24) is 24.6 Å². The van der Waals surface area contributed by atoms with Crippen LogP contribution in [0.15, 0.2) is 17.6 Å². The second kappa shape index (κ2) is 9.77. The lowest BCUT2D eigenvalue weighted by Gasteiger charge is -2.34. The number of thiazole rings is 1. The molecule has 1 atom stereocenters. The molecule has 1 N–H and O–H groups in total. The largest absolute Gasteiger partial charge is 0.490 e. The lowest BCUT2D eigenvalue weighted by Crippen LogP contribution is -2.40. The van der Waals surface area contributed by atoms with E-state index in [1.165, 1.54) is 5.69 Å². The zero-order valence-electron chi connectivity index (χ0n) is 17.0. The molecular weight excluding hydrogens is 435 g/mol. The van der Waals surface area contributed by atoms with Crippen LogP contribution in [0.25, 0.3) is 0 Å². The van der Waals surface area contributed by atoms with Crippen molar-refractivity contribution in [3.63, 3.8) is 0 Å². The van der Waals surface area contributed by atoms with Crippen molar-refractivity contribution in [2.75, 3.05) is 19.6 Å². The third kappa shape index (κ3) is 6.26. The number of hydrogen-bond donors (Lipinski definition) is 1. The second-order valence-corrected chi connectivity index (χ2v) is 8.61. The van der Waals surface area contributed by atoms with Crippen molar-refractivity contribution < 1.29 is 27.9 Å². The summed E-state index contributed by atoms with van der Waals surface area (Å²) in [6.45, 7) is 6.43. The molecule has 1 saturated heterocycles. The number of hydrogen-bond acceptors (Lipinski definition) is 6. The molecule has 0 aromatic carbocycles. The number of carbonyl (C=O) groups is 2. The van der Waals surface area contributed by atoms with Gasteiger partial charge in [0.15, 0.2) is 0 Å². The molecule has 12 heteroatoms. The molecular formula is C19H24F3N5O3S. The van der Waals surface area contributed by atoms with Crippen molar-refractivity contribution in [3.05, 3.63) is 34.0 Å². The minimum Gasteiger partial charge on any atom is -0.475 e. The predicted molar refractivity (Wildman–Crippen MR) is 106 cm³/mol. The number of halogens is 3. The average Bonchev–Trinajstić information content (AvgIpc) is 3.43. The van der Waals surface area contributed by atoms with E-state index in [9.17, 15) is 18.0 Å². The zero-order chi connectivity index (χ0) is 22.6. The Hall–Kier alpha value is -2.47. The van der Waals surface area contributed by atoms with Crippen molar-refractivity contribution in [1.29, 1.82) is 0 Å². The minimum absolute atomic E-state index is 0.122. The molecule has 0 saturated carbocycles. The molecule has 4 heterocycles. The number of fused-ring (bicyclic) bond motifs is 1. The number of alkyl halides is 3. The SMILES string of the molecule is Cc1nc(CN2Cc3ccnn3C(CC(=O)N3CCCC3)C2)cs1.O=C(O)C(F)(F)F. The number of carboxylic acid groups (broad SMARTS) is 1. The topological polar surface area (TPSA) is 91.6 Å². The van der Waals surface area contributed by atoms with Crippen LogP contribution in [-0.4, -0.2) is 67.4 Å². The van der Waals surface area contributed by atoms with Crippen molar-refractivity contribution >= 4 is 23.2 Å². The van der Waals surface area contributed by atoms with E-state index in [-0.39, 0.29) is 11.9 Å². The van der Waals surface area contributed by atoms with Gasteiger partial charge in [0, 0.05) is 44.3 Å². The summed E-state index contributed by atoms with van der Waals surface area (Å²) < 4.78 is 33.8. The molecule has 0 aliphatic carbocycles. The maximum atomic E-state index is 12.6. The molecule has 0 spiro atoms. The maximum Gasteiger partial charge on any atom is 0.490 e. The Balaban J connectivity index is 0.000000339. The first-order valence-electron chi connectivity index (χ1n) is 9.87. The highest BCUT2D eigenvalue weighted by Gasteiger charge is 2.38. The van der Waals surface area contributed by atoms with Gasteiger partial charge in [0.05, 0.1) is 28.9 Å². The lowest BCUT2D eigenvalue weighted by molar-refractivity contribution is -0.192. The number of carbonyl (C=O) groups excluding carboxylic acids is 1. The van der Waals surface area contributed by atoms with E-state index in [4.69, 9.17) is 9.90 Å². The molecule has 0 bridgehead atoms. The van der Waals surface area contributed by atoms with Gasteiger partial charge < -0.3 is 10.0 Å². The zero-order valence-corrected chi connectivity index (χ0v) is 17.8. The van der Waals surface area contributed by atoms with Crippen molar-refractivity contribution in [2.45, 2.75) is 51.5 Å². The fourth-order valence-electron chi connectivity index (χ4n) is 3.74. The Morgan fingerprint density at radius 1 is 1.29 bits per heavy atom. The normalized spacial score (nSPS) is 19.0. The van der Waals surface area contributed by atoms with Crippen LogP contribution in [0.1, 0.15) is 41.7 Å². The number of aromatic nitrogens is 3. The monoisotopic (exact) mass is 459 g/mol. The Labute approximate surface area is 181 Å². The van der Waals surface area contributed by atoms with Crippen LogP contribution in [0.4, 0.5) is 13.2 Å². The Morgan fingerprint density at radius 3 is 2.55 bits per heavy atom. The smallest absolute Gasteiger partial charge is 0.475 e. The van der Waals surface area contributed by atoms with E-state index in [0.717, 1.165) is 56.3 Å². The van der Waals surface area contributed by atoms with Gasteiger partial charge in [-0.25, -0.2) is 9.78 Å². The molecule has 1 unspecified atom stereocenters. The minimum atomic E-state index is -5.08. The Kier molecular flexibility index (Phi) is 7.31. The molecule has 1 amide bonds. The molecule has 8 nitrogen and oxygen atoms in total. The molecule has 2 aliphatic heterocycles. The molecule has 0 radical (unpaired) electrons. The highest BCUT2D eigenvalue weighted by molar-refractivity contribution is 7.09. The summed E-state index contributed by atoms with van der Waals surface area (Å²) in [5, 5.41) is 14.8. The van der Waals surface area contributed by atoms with Crippen LogP contribution < -0.4 is 0 Å². The summed E-state index contributed by atoms with van der Waals surface area (Å²) in [7, 11) is 0. The number of carboxylic acids is 1. The highest BCUT2D eigenvalue weighted by atomic mass is 32.1. The Bertz CT molecular complexity index is 908. The van der Waals surface area contributed by atoms with E-state index in [1.54, 1.807) is 11.3 Å². The summed E-state index contributed by atoms with van der Waals surface area (Å²) in [4.78, 5) is 30.4. The van der Waals surface area contributed by atoms with Crippen LogP contribution in [0.2, 0.25) is 0 Å². The molecule has 1 fully saturated rings. The van der Waals surface area contributed by atoms with Crippen LogP contribution >= 0.6 is 11.3 Å². The van der Waals surface area contributed by atoms with Crippen molar-refractivity contribution in [2.24, 2.45) is 0 Å². The summed E-state index contributed by atoms with van der Waals surface area (Å²) >= 11 is 1.69. The summed E-state index contributed by atoms with van der Waals surface area (Å²) in [5.74, 6) is -2.49. The molecule has 2 aromatic heterocycles. The fourth-order valence-corrected chi connectivity index (χ4v) is 4.35. The van der Waals surface area contributed by atoms with Gasteiger partial charge in [-0.05, 0) is 25.8 Å². The number of aliphatic carboxylic acids is 1. The third-order valence-electron chi connectivity index (χ3n) is 5.12. The summed E-state index contributed by atoms with van der Waals surface area (Å²) in [6, 6.07) is 2.18. The van der Waals surface area contributed by atoms with Gasteiger partial charge in [0.25, 0.3) is 0 Å². The van der Waals surface area contributed by atoms with E-state index >= 15 is 0 Å². The number of rotatable bonds is 4. The molecule has 31 heavy (non-hydrogen) atoms. The van der Waals surface area contributed by atoms with Crippen molar-refractivity contribution in [3.8, 4) is 0 Å². The molecule has 4 rings (SSSR count). The first-order chi connectivity index (χ1) is 14.6. The van der Waals surface area contributed by atoms with Crippen LogP contribution in [0.3, 0.4) is 0 Å². The lowest BCUT2D eigenvalue weighted by atomic mass is 10.1. The van der Waals surface area contributed by atoms with Crippen LogP contribution in [-0.2, 0) is 22.7 Å². The van der Waals surface area contributed by atoms with Gasteiger partial charge in [0.1, 0.15) is 0 Å². The quantitative estimate of drug-likeness (QED) is 0.756. The second-order valence-electron chi connectivity index (χ2n) is 7.54. The van der Waals surface area contributed by atoms with E-state index < -0.39 is 12.1 Å². The van der Waals surface area contributed by atoms with Gasteiger partial charge in [0.2, 0.25) is 5.91 Å². The maximum absolute atomic E-state index is 12.6. The first-order valence-corrected chi connectivity index (χ1v) is 10.7. The van der Waals surface area contributed by atoms with Crippen LogP contribution in [0, 0.1) is 6.92 Å². The number of amides is 1. The number of nitrogens with zero attached hydrogens (tertiary/aromatic N) is 5. The van der Waals surface area contributed by atoms with E-state index in [2.05, 4.69) is 31.1 Å². The first kappa shape index (κ1) is 23.2. The third-order valence-corrected chi connectivity index (χ3v) is 5.94. The highest BCUT2D eigenvalue weighted by Crippen LogP contribution is 2.26. The van der Waals surface area contributed by atoms with Gasteiger partial charge in [-0.1, -0.05) is 0 Å². The standard InChI is InChI=1S/C17H23N5OS.C2HF3O2/c1-13-19-14(12-24-13)9-20-10-15-4-5-18-22(15)16(11-20)8-17(23)21-6-2-3-7-21;3-2(4,5)1(6)7/h4-5,12,16H,2-3,6-11H2,1H3;(H,6,7). The fraction of sp³-hybridized carbons (Fsp3) is 0.579. The Morgan fingerprint density at radius 2 is 1.97 bits per heavy atom. The van der Waals surface area contributed by atoms with Gasteiger partial charge >= 0.3 is 12.1 Å². The van der Waals surface area contributed by atoms with Gasteiger partial charge in [-0.15, -0.1) is 11.3 Å². The predicted octanol–water partition coefficient (Wildman–Crippen LogP) is 2.85. The summed E-state index contributed by atoms with van der Waals surface area (Å²) in [6.07, 6.45) is -0.419. The van der Waals surface area contributed by atoms with Gasteiger partial charge in [-0.3, -0.25) is 14.4 Å². The molecule has 170 valence electrons. The number of aryl methyl sites for hydroxylation is 1. The molecule has 2 aliphatic rings. The van der Waals surface area contributed by atoms with Crippen LogP contribution in [0.5, 0.6) is 0 Å². The van der Waals surface area contributed by atoms with E-state index in [0.29, 0.717) is 6.42 Å². The average molecular weight is 459 g/mol. The summed E-state index contributed by atoms with van der Waals surface area (Å²) in [5.41, 5.74) is 2.31. The van der Waals surface area contributed by atoms with E-state index in [1.807, 2.05) is 18.0 Å². The molecule has 2 aromatic rings.